The topological polar surface area (TPSA) is 78.9 Å². The molecule has 6 nitrogen and oxygen atoms in total. The number of rotatable bonds is 3. The summed E-state index contributed by atoms with van der Waals surface area (Å²) in [7, 11) is 0. The van der Waals surface area contributed by atoms with E-state index in [1.54, 1.807) is 0 Å². The van der Waals surface area contributed by atoms with Crippen molar-refractivity contribution in [3.63, 3.8) is 0 Å². The Balaban J connectivity index is 2.23. The van der Waals surface area contributed by atoms with Crippen molar-refractivity contribution in [1.29, 1.82) is 0 Å². The molecule has 0 bridgehead atoms. The van der Waals surface area contributed by atoms with Gasteiger partial charge in [0.25, 0.3) is 5.91 Å². The van der Waals surface area contributed by atoms with Gasteiger partial charge in [0.05, 0.1) is 19.2 Å². The molecule has 0 radical (unpaired) electrons. The first kappa shape index (κ1) is 19.0. The van der Waals surface area contributed by atoms with E-state index in [4.69, 9.17) is 4.74 Å². The highest BCUT2D eigenvalue weighted by Gasteiger charge is 2.55. The molecule has 2 aliphatic rings. The molecule has 2 amide bonds. The van der Waals surface area contributed by atoms with Crippen LogP contribution in [0.5, 0.6) is 0 Å². The molecule has 2 atom stereocenters. The van der Waals surface area contributed by atoms with E-state index in [2.05, 4.69) is 5.32 Å². The number of amides is 2. The quantitative estimate of drug-likeness (QED) is 0.828. The second-order valence-electron chi connectivity index (χ2n) is 8.17. The van der Waals surface area contributed by atoms with Gasteiger partial charge in [-0.3, -0.25) is 9.69 Å². The number of hydrogen-bond acceptors (Lipinski definition) is 3. The van der Waals surface area contributed by atoms with Crippen LogP contribution in [-0.2, 0) is 9.53 Å². The fourth-order valence-electron chi connectivity index (χ4n) is 3.79. The van der Waals surface area contributed by atoms with Crippen molar-refractivity contribution < 1.29 is 19.4 Å². The van der Waals surface area contributed by atoms with E-state index in [1.165, 1.54) is 11.3 Å². The molecule has 1 saturated carbocycles. The van der Waals surface area contributed by atoms with Gasteiger partial charge < -0.3 is 15.2 Å². The molecule has 0 aromatic rings. The maximum Gasteiger partial charge on any atom is 0.407 e. The van der Waals surface area contributed by atoms with Crippen molar-refractivity contribution in [2.45, 2.75) is 83.9 Å². The Morgan fingerprint density at radius 2 is 1.88 bits per heavy atom. The number of carbonyl (C=O) groups excluding carboxylic acids is 1. The van der Waals surface area contributed by atoms with E-state index < -0.39 is 17.1 Å². The van der Waals surface area contributed by atoms with Crippen molar-refractivity contribution in [3.05, 3.63) is 0 Å². The molecule has 138 valence electrons. The number of morpholine rings is 1. The summed E-state index contributed by atoms with van der Waals surface area (Å²) in [5, 5.41) is 12.7. The fourth-order valence-corrected chi connectivity index (χ4v) is 3.79. The van der Waals surface area contributed by atoms with Gasteiger partial charge in [0, 0.05) is 11.5 Å². The third-order valence-electron chi connectivity index (χ3n) is 5.59. The Kier molecular flexibility index (Phi) is 5.78. The molecular weight excluding hydrogens is 308 g/mol. The van der Waals surface area contributed by atoms with Gasteiger partial charge in [-0.05, 0) is 19.3 Å². The van der Waals surface area contributed by atoms with E-state index in [9.17, 15) is 14.7 Å². The molecule has 0 spiro atoms. The van der Waals surface area contributed by atoms with E-state index >= 15 is 0 Å². The average Bonchev–Trinajstić information content (AvgIpc) is 2.53. The fraction of sp³-hybridized carbons (Fsp3) is 0.889. The molecule has 0 unspecified atom stereocenters. The second-order valence-corrected chi connectivity index (χ2v) is 8.17. The number of carboxylic acid groups (broad SMARTS) is 1. The lowest BCUT2D eigenvalue weighted by Gasteiger charge is -2.51. The van der Waals surface area contributed by atoms with Gasteiger partial charge in [-0.1, -0.05) is 47.0 Å². The molecule has 1 aliphatic carbocycles. The highest BCUT2D eigenvalue weighted by molar-refractivity contribution is 5.87. The molecule has 24 heavy (non-hydrogen) atoms. The summed E-state index contributed by atoms with van der Waals surface area (Å²) in [4.78, 5) is 26.2. The summed E-state index contributed by atoms with van der Waals surface area (Å²) in [5.41, 5.74) is -1.65. The zero-order valence-corrected chi connectivity index (χ0v) is 15.4. The second kappa shape index (κ2) is 7.30. The summed E-state index contributed by atoms with van der Waals surface area (Å²) in [6.45, 7) is 8.12. The number of ether oxygens (including phenoxy) is 1. The van der Waals surface area contributed by atoms with Crippen molar-refractivity contribution in [1.82, 2.24) is 10.2 Å². The van der Waals surface area contributed by atoms with E-state index in [0.717, 1.165) is 25.7 Å². The van der Waals surface area contributed by atoms with Crippen molar-refractivity contribution >= 4 is 12.0 Å². The van der Waals surface area contributed by atoms with Gasteiger partial charge in [-0.15, -0.1) is 0 Å². The summed E-state index contributed by atoms with van der Waals surface area (Å²) in [6.07, 6.45) is 5.17. The van der Waals surface area contributed by atoms with E-state index in [0.29, 0.717) is 6.42 Å². The Morgan fingerprint density at radius 1 is 1.25 bits per heavy atom. The third kappa shape index (κ3) is 3.68. The normalized spacial score (nSPS) is 29.3. The smallest absolute Gasteiger partial charge is 0.407 e. The molecular formula is C18H32N2O4. The Bertz CT molecular complexity index is 468. The van der Waals surface area contributed by atoms with E-state index in [1.807, 2.05) is 27.7 Å². The van der Waals surface area contributed by atoms with Crippen LogP contribution < -0.4 is 5.32 Å². The average molecular weight is 340 g/mol. The number of nitrogens with zero attached hydrogens (tertiary/aromatic N) is 1. The van der Waals surface area contributed by atoms with Crippen LogP contribution in [0.4, 0.5) is 4.79 Å². The monoisotopic (exact) mass is 340 g/mol. The van der Waals surface area contributed by atoms with Crippen LogP contribution in [0, 0.1) is 5.41 Å². The maximum atomic E-state index is 13.1. The molecule has 2 N–H and O–H groups in total. The minimum atomic E-state index is -1.14. The van der Waals surface area contributed by atoms with Crippen molar-refractivity contribution in [2.24, 2.45) is 5.41 Å². The molecule has 6 heteroatoms. The number of carbonyl (C=O) groups is 2. The molecule has 0 aromatic heterocycles. The summed E-state index contributed by atoms with van der Waals surface area (Å²) >= 11 is 0. The van der Waals surface area contributed by atoms with E-state index in [-0.39, 0.29) is 31.1 Å². The minimum Gasteiger partial charge on any atom is -0.465 e. The van der Waals surface area contributed by atoms with Crippen LogP contribution in [0.1, 0.15) is 66.2 Å². The molecule has 1 heterocycles. The van der Waals surface area contributed by atoms with Gasteiger partial charge in [-0.25, -0.2) is 4.79 Å². The van der Waals surface area contributed by atoms with Gasteiger partial charge in [0.2, 0.25) is 0 Å². The van der Waals surface area contributed by atoms with Crippen LogP contribution in [0.15, 0.2) is 0 Å². The third-order valence-corrected chi connectivity index (χ3v) is 5.59. The van der Waals surface area contributed by atoms with Crippen LogP contribution in [0.2, 0.25) is 0 Å². The maximum absolute atomic E-state index is 13.1. The van der Waals surface area contributed by atoms with Crippen molar-refractivity contribution in [2.75, 3.05) is 13.2 Å². The number of hydrogen-bond donors (Lipinski definition) is 2. The van der Waals surface area contributed by atoms with Gasteiger partial charge in [0.1, 0.15) is 0 Å². The molecule has 1 saturated heterocycles. The first-order valence-electron chi connectivity index (χ1n) is 9.16. The first-order valence-corrected chi connectivity index (χ1v) is 9.16. The molecule has 2 fully saturated rings. The van der Waals surface area contributed by atoms with Crippen LogP contribution in [0.25, 0.3) is 0 Å². The first-order chi connectivity index (χ1) is 11.2. The lowest BCUT2D eigenvalue weighted by molar-refractivity contribution is -0.190. The Hall–Kier alpha value is -1.30. The highest BCUT2D eigenvalue weighted by atomic mass is 16.5. The summed E-state index contributed by atoms with van der Waals surface area (Å²) in [6, 6.07) is -0.0169. The van der Waals surface area contributed by atoms with Gasteiger partial charge >= 0.3 is 6.09 Å². The lowest BCUT2D eigenvalue weighted by Crippen LogP contribution is -2.69. The lowest BCUT2D eigenvalue weighted by atomic mass is 9.73. The number of nitrogens with one attached hydrogen (secondary N) is 1. The highest BCUT2D eigenvalue weighted by Crippen LogP contribution is 2.39. The summed E-state index contributed by atoms with van der Waals surface area (Å²) in [5.74, 6) is -0.164. The zero-order chi connectivity index (χ0) is 18.0. The predicted octanol–water partition coefficient (Wildman–Crippen LogP) is 3.01. The van der Waals surface area contributed by atoms with Crippen LogP contribution in [0.3, 0.4) is 0 Å². The minimum absolute atomic E-state index is 0.0862. The van der Waals surface area contributed by atoms with Crippen LogP contribution >= 0.6 is 0 Å². The standard InChI is InChI=1S/C18H32N2O4/c1-5-14-11-24-18(17(2,3)4,12-20(14)16(22)23)15(21)19-13-9-7-6-8-10-13/h13-14H,5-12H2,1-4H3,(H,19,21)(H,22,23)/t14-,18+/m1/s1. The summed E-state index contributed by atoms with van der Waals surface area (Å²) < 4.78 is 6.10. The van der Waals surface area contributed by atoms with Gasteiger partial charge in [-0.2, -0.15) is 0 Å². The largest absolute Gasteiger partial charge is 0.465 e. The molecule has 1 aliphatic heterocycles. The molecule has 2 rings (SSSR count). The van der Waals surface area contributed by atoms with Crippen molar-refractivity contribution in [3.8, 4) is 0 Å². The van der Waals surface area contributed by atoms with Crippen LogP contribution in [-0.4, -0.2) is 52.8 Å². The van der Waals surface area contributed by atoms with Gasteiger partial charge in [0.15, 0.2) is 5.60 Å². The predicted molar refractivity (Wildman–Crippen MR) is 92.0 cm³/mol. The Labute approximate surface area is 144 Å². The molecule has 0 aromatic carbocycles. The zero-order valence-electron chi connectivity index (χ0n) is 15.4. The SMILES string of the molecule is CC[C@@H]1CO[C@@](C(=O)NC2CCCCC2)(C(C)(C)C)CN1C(=O)O. The Morgan fingerprint density at radius 3 is 2.38 bits per heavy atom.